The van der Waals surface area contributed by atoms with Crippen molar-refractivity contribution in [1.29, 1.82) is 0 Å². The van der Waals surface area contributed by atoms with Crippen molar-refractivity contribution in [3.8, 4) is 0 Å². The molecule has 20 heavy (non-hydrogen) atoms. The van der Waals surface area contributed by atoms with E-state index in [9.17, 15) is 4.79 Å². The van der Waals surface area contributed by atoms with E-state index in [4.69, 9.17) is 10.8 Å². The molecule has 4 heteroatoms. The van der Waals surface area contributed by atoms with Crippen LogP contribution in [0.4, 0.5) is 0 Å². The third-order valence-electron chi connectivity index (χ3n) is 2.98. The zero-order valence-corrected chi connectivity index (χ0v) is 11.8. The highest BCUT2D eigenvalue weighted by atomic mass is 35.5. The molecule has 106 valence electrons. The van der Waals surface area contributed by atoms with E-state index in [1.54, 1.807) is 24.3 Å². The van der Waals surface area contributed by atoms with Crippen molar-refractivity contribution in [3.63, 3.8) is 0 Å². The molecule has 2 rings (SSSR count). The lowest BCUT2D eigenvalue weighted by Gasteiger charge is -2.08. The molecule has 0 radical (unpaired) electrons. The van der Waals surface area contributed by atoms with Crippen LogP contribution in [-0.4, -0.2) is 23.5 Å². The fourth-order valence-corrected chi connectivity index (χ4v) is 1.92. The maximum Gasteiger partial charge on any atom is 0.193 e. The first-order valence-electron chi connectivity index (χ1n) is 6.26. The molecule has 3 nitrogen and oxygen atoms in total. The fourth-order valence-electron chi connectivity index (χ4n) is 1.92. The highest BCUT2D eigenvalue weighted by molar-refractivity contribution is 6.08. The first-order valence-corrected chi connectivity index (χ1v) is 6.26. The van der Waals surface area contributed by atoms with Gasteiger partial charge in [0.25, 0.3) is 0 Å². The molecular weight excluding hydrogens is 274 g/mol. The maximum atomic E-state index is 12.2. The zero-order chi connectivity index (χ0) is 13.7. The van der Waals surface area contributed by atoms with Crippen LogP contribution in [0.1, 0.15) is 21.5 Å². The number of nitrogens with two attached hydrogens (primary N) is 1. The summed E-state index contributed by atoms with van der Waals surface area (Å²) in [5.41, 5.74) is 8.04. The van der Waals surface area contributed by atoms with Crippen LogP contribution < -0.4 is 5.73 Å². The van der Waals surface area contributed by atoms with Crippen molar-refractivity contribution >= 4 is 18.2 Å². The fraction of sp³-hybridized carbons (Fsp3) is 0.188. The molecule has 0 fully saturated rings. The highest BCUT2D eigenvalue weighted by Crippen LogP contribution is 2.11. The minimum Gasteiger partial charge on any atom is -0.395 e. The quantitative estimate of drug-likeness (QED) is 0.830. The van der Waals surface area contributed by atoms with Crippen LogP contribution in [0.5, 0.6) is 0 Å². The second kappa shape index (κ2) is 7.80. The topological polar surface area (TPSA) is 63.3 Å². The van der Waals surface area contributed by atoms with Gasteiger partial charge in [-0.2, -0.15) is 0 Å². The van der Waals surface area contributed by atoms with Crippen LogP contribution in [0.2, 0.25) is 0 Å². The van der Waals surface area contributed by atoms with Gasteiger partial charge in [0.15, 0.2) is 5.78 Å². The molecule has 0 amide bonds. The molecule has 0 aliphatic carbocycles. The van der Waals surface area contributed by atoms with Gasteiger partial charge < -0.3 is 10.8 Å². The number of carbonyl (C=O) groups excluding carboxylic acids is 1. The number of halogens is 1. The van der Waals surface area contributed by atoms with Gasteiger partial charge >= 0.3 is 0 Å². The molecule has 1 atom stereocenters. The van der Waals surface area contributed by atoms with Crippen molar-refractivity contribution in [2.45, 2.75) is 12.5 Å². The average molecular weight is 292 g/mol. The highest BCUT2D eigenvalue weighted by Gasteiger charge is 2.08. The van der Waals surface area contributed by atoms with Crippen molar-refractivity contribution in [2.24, 2.45) is 5.73 Å². The molecule has 0 bridgehead atoms. The van der Waals surface area contributed by atoms with Crippen molar-refractivity contribution in [3.05, 3.63) is 71.3 Å². The third-order valence-corrected chi connectivity index (χ3v) is 2.98. The molecule has 0 aliphatic rings. The summed E-state index contributed by atoms with van der Waals surface area (Å²) < 4.78 is 0. The molecule has 0 aromatic heterocycles. The van der Waals surface area contributed by atoms with E-state index >= 15 is 0 Å². The van der Waals surface area contributed by atoms with E-state index < -0.39 is 0 Å². The van der Waals surface area contributed by atoms with E-state index in [1.807, 2.05) is 30.3 Å². The van der Waals surface area contributed by atoms with E-state index in [0.29, 0.717) is 17.5 Å². The Morgan fingerprint density at radius 1 is 1.00 bits per heavy atom. The summed E-state index contributed by atoms with van der Waals surface area (Å²) in [5.74, 6) is 0.0126. The van der Waals surface area contributed by atoms with Crippen LogP contribution >= 0.6 is 12.4 Å². The zero-order valence-electron chi connectivity index (χ0n) is 11.0. The lowest BCUT2D eigenvalue weighted by molar-refractivity contribution is 0.103. The summed E-state index contributed by atoms with van der Waals surface area (Å²) in [6.07, 6.45) is 0.607. The van der Waals surface area contributed by atoms with Crippen LogP contribution in [0.3, 0.4) is 0 Å². The number of hydrogen-bond donors (Lipinski definition) is 2. The largest absolute Gasteiger partial charge is 0.395 e. The predicted octanol–water partition coefficient (Wildman–Crippen LogP) is 2.20. The Hall–Kier alpha value is -1.68. The molecule has 0 saturated heterocycles. The monoisotopic (exact) mass is 291 g/mol. The Balaban J connectivity index is 0.00000200. The second-order valence-electron chi connectivity index (χ2n) is 4.54. The first kappa shape index (κ1) is 16.4. The van der Waals surface area contributed by atoms with Gasteiger partial charge in [-0.05, 0) is 12.0 Å². The van der Waals surface area contributed by atoms with E-state index in [0.717, 1.165) is 5.56 Å². The molecule has 3 N–H and O–H groups in total. The summed E-state index contributed by atoms with van der Waals surface area (Å²) in [6, 6.07) is 16.3. The van der Waals surface area contributed by atoms with Gasteiger partial charge in [-0.25, -0.2) is 0 Å². The Morgan fingerprint density at radius 2 is 1.55 bits per heavy atom. The average Bonchev–Trinajstić information content (AvgIpc) is 2.48. The minimum absolute atomic E-state index is 0. The minimum atomic E-state index is -0.254. The molecule has 0 heterocycles. The van der Waals surface area contributed by atoms with E-state index in [-0.39, 0.29) is 30.8 Å². The number of rotatable bonds is 5. The number of carbonyl (C=O) groups is 1. The molecule has 0 unspecified atom stereocenters. The van der Waals surface area contributed by atoms with E-state index in [1.165, 1.54) is 0 Å². The predicted molar refractivity (Wildman–Crippen MR) is 82.3 cm³/mol. The van der Waals surface area contributed by atoms with Crippen molar-refractivity contribution in [2.75, 3.05) is 6.61 Å². The standard InChI is InChI=1S/C16H17NO2.ClH/c17-15(11-18)10-12-6-8-14(9-7-12)16(19)13-4-2-1-3-5-13;/h1-9,15,18H,10-11,17H2;1H/t15-;/m0./s1. The third kappa shape index (κ3) is 4.17. The number of ketones is 1. The summed E-state index contributed by atoms with van der Waals surface area (Å²) in [5, 5.41) is 8.91. The van der Waals surface area contributed by atoms with Crippen LogP contribution in [0, 0.1) is 0 Å². The van der Waals surface area contributed by atoms with Crippen molar-refractivity contribution < 1.29 is 9.90 Å². The Bertz CT molecular complexity index is 540. The summed E-state index contributed by atoms with van der Waals surface area (Å²) >= 11 is 0. The SMILES string of the molecule is Cl.N[C@H](CO)Cc1ccc(C(=O)c2ccccc2)cc1. The first-order chi connectivity index (χ1) is 9.20. The number of benzene rings is 2. The molecule has 0 saturated carbocycles. The van der Waals surface area contributed by atoms with Gasteiger partial charge in [0, 0.05) is 17.2 Å². The molecule has 2 aromatic carbocycles. The normalized spacial score (nSPS) is 11.5. The lowest BCUT2D eigenvalue weighted by atomic mass is 10.00. The van der Waals surface area contributed by atoms with Gasteiger partial charge in [0.05, 0.1) is 6.61 Å². The summed E-state index contributed by atoms with van der Waals surface area (Å²) in [7, 11) is 0. The molecule has 2 aromatic rings. The second-order valence-corrected chi connectivity index (χ2v) is 4.54. The Kier molecular flexibility index (Phi) is 6.39. The number of hydrogen-bond acceptors (Lipinski definition) is 3. The number of aliphatic hydroxyl groups is 1. The van der Waals surface area contributed by atoms with Gasteiger partial charge in [0.2, 0.25) is 0 Å². The molecule has 0 spiro atoms. The molecule has 0 aliphatic heterocycles. The maximum absolute atomic E-state index is 12.2. The van der Waals surface area contributed by atoms with Gasteiger partial charge in [-0.15, -0.1) is 12.4 Å². The van der Waals surface area contributed by atoms with Crippen LogP contribution in [0.25, 0.3) is 0 Å². The smallest absolute Gasteiger partial charge is 0.193 e. The van der Waals surface area contributed by atoms with Gasteiger partial charge in [-0.1, -0.05) is 54.6 Å². The van der Waals surface area contributed by atoms with Crippen LogP contribution in [-0.2, 0) is 6.42 Å². The van der Waals surface area contributed by atoms with Gasteiger partial charge in [-0.3, -0.25) is 4.79 Å². The van der Waals surface area contributed by atoms with E-state index in [2.05, 4.69) is 0 Å². The van der Waals surface area contributed by atoms with Crippen molar-refractivity contribution in [1.82, 2.24) is 0 Å². The summed E-state index contributed by atoms with van der Waals surface area (Å²) in [6.45, 7) is -0.0370. The summed E-state index contributed by atoms with van der Waals surface area (Å²) in [4.78, 5) is 12.2. The Labute approximate surface area is 124 Å². The van der Waals surface area contributed by atoms with Crippen LogP contribution in [0.15, 0.2) is 54.6 Å². The lowest BCUT2D eigenvalue weighted by Crippen LogP contribution is -2.26. The molecular formula is C16H18ClNO2. The Morgan fingerprint density at radius 3 is 2.10 bits per heavy atom. The number of aliphatic hydroxyl groups excluding tert-OH is 1. The van der Waals surface area contributed by atoms with Gasteiger partial charge in [0.1, 0.15) is 0 Å².